The minimum Gasteiger partial charge on any atom is -0.310 e. The summed E-state index contributed by atoms with van der Waals surface area (Å²) in [4.78, 5) is 6.87. The molecule has 0 atom stereocenters. The molecule has 1 aromatic heterocycles. The zero-order valence-corrected chi connectivity index (χ0v) is 16.6. The second-order valence-electron chi connectivity index (χ2n) is 7.18. The van der Waals surface area contributed by atoms with E-state index in [1.165, 1.54) is 22.4 Å². The molecule has 28 heavy (non-hydrogen) atoms. The molecule has 0 saturated heterocycles. The minimum absolute atomic E-state index is 0.981. The molecular formula is C26H24N2. The molecule has 4 aromatic rings. The van der Waals surface area contributed by atoms with Gasteiger partial charge in [0.15, 0.2) is 0 Å². The average molecular weight is 364 g/mol. The van der Waals surface area contributed by atoms with Crippen LogP contribution in [-0.4, -0.2) is 4.98 Å². The molecule has 0 fully saturated rings. The highest BCUT2D eigenvalue weighted by Gasteiger charge is 2.17. The van der Waals surface area contributed by atoms with Crippen LogP contribution in [0.25, 0.3) is 11.3 Å². The summed E-state index contributed by atoms with van der Waals surface area (Å²) >= 11 is 0. The fraction of sp³-hybridized carbons (Fsp3) is 0.115. The summed E-state index contributed by atoms with van der Waals surface area (Å²) in [6.45, 7) is 6.53. The molecule has 0 aliphatic heterocycles. The molecular weight excluding hydrogens is 340 g/mol. The lowest BCUT2D eigenvalue weighted by Gasteiger charge is -2.29. The summed E-state index contributed by atoms with van der Waals surface area (Å²) in [6, 6.07) is 29.7. The van der Waals surface area contributed by atoms with E-state index in [0.29, 0.717) is 0 Å². The summed E-state index contributed by atoms with van der Waals surface area (Å²) < 4.78 is 0. The summed E-state index contributed by atoms with van der Waals surface area (Å²) in [5.74, 6) is 0. The van der Waals surface area contributed by atoms with Crippen molar-refractivity contribution >= 4 is 17.1 Å². The fourth-order valence-corrected chi connectivity index (χ4v) is 3.85. The predicted molar refractivity (Wildman–Crippen MR) is 119 cm³/mol. The van der Waals surface area contributed by atoms with Crippen LogP contribution in [0.4, 0.5) is 17.1 Å². The van der Waals surface area contributed by atoms with Gasteiger partial charge in [-0.3, -0.25) is 4.98 Å². The van der Waals surface area contributed by atoms with Crippen LogP contribution in [0.2, 0.25) is 0 Å². The Hall–Kier alpha value is -3.39. The topological polar surface area (TPSA) is 16.1 Å². The smallest absolute Gasteiger partial charge is 0.0702 e. The second-order valence-corrected chi connectivity index (χ2v) is 7.18. The van der Waals surface area contributed by atoms with Gasteiger partial charge in [-0.05, 0) is 68.3 Å². The Morgan fingerprint density at radius 1 is 0.643 bits per heavy atom. The number of para-hydroxylation sites is 1. The molecule has 0 N–H and O–H groups in total. The van der Waals surface area contributed by atoms with Crippen LogP contribution < -0.4 is 4.90 Å². The van der Waals surface area contributed by atoms with Crippen molar-refractivity contribution in [1.29, 1.82) is 0 Å². The Balaban J connectivity index is 1.91. The Morgan fingerprint density at radius 2 is 1.32 bits per heavy atom. The molecule has 0 unspecified atom stereocenters. The van der Waals surface area contributed by atoms with E-state index in [9.17, 15) is 0 Å². The van der Waals surface area contributed by atoms with E-state index in [0.717, 1.165) is 22.6 Å². The summed E-state index contributed by atoms with van der Waals surface area (Å²) in [6.07, 6.45) is 1.84. The molecule has 0 saturated carbocycles. The third kappa shape index (κ3) is 3.54. The molecule has 2 heteroatoms. The normalized spacial score (nSPS) is 10.7. The molecule has 138 valence electrons. The number of aromatic nitrogens is 1. The van der Waals surface area contributed by atoms with Crippen molar-refractivity contribution in [2.24, 2.45) is 0 Å². The van der Waals surface area contributed by atoms with E-state index in [1.54, 1.807) is 0 Å². The van der Waals surface area contributed by atoms with Gasteiger partial charge in [-0.15, -0.1) is 0 Å². The van der Waals surface area contributed by atoms with Crippen molar-refractivity contribution in [2.75, 3.05) is 4.90 Å². The van der Waals surface area contributed by atoms with E-state index < -0.39 is 0 Å². The van der Waals surface area contributed by atoms with E-state index in [-0.39, 0.29) is 0 Å². The van der Waals surface area contributed by atoms with Crippen molar-refractivity contribution in [3.8, 4) is 11.3 Å². The summed E-state index contributed by atoms with van der Waals surface area (Å²) in [5, 5.41) is 0. The van der Waals surface area contributed by atoms with E-state index in [2.05, 4.69) is 97.4 Å². The number of anilines is 3. The first kappa shape index (κ1) is 18.0. The van der Waals surface area contributed by atoms with Gasteiger partial charge < -0.3 is 4.90 Å². The number of hydrogen-bond acceptors (Lipinski definition) is 2. The van der Waals surface area contributed by atoms with Crippen LogP contribution in [0, 0.1) is 20.8 Å². The summed E-state index contributed by atoms with van der Waals surface area (Å²) in [7, 11) is 0. The first-order valence-corrected chi connectivity index (χ1v) is 9.58. The molecule has 0 spiro atoms. The third-order valence-electron chi connectivity index (χ3n) is 4.94. The highest BCUT2D eigenvalue weighted by atomic mass is 15.1. The molecule has 2 nitrogen and oxygen atoms in total. The molecule has 4 rings (SSSR count). The van der Waals surface area contributed by atoms with E-state index in [1.807, 2.05) is 24.4 Å². The number of rotatable bonds is 4. The Labute approximate surface area is 167 Å². The monoisotopic (exact) mass is 364 g/mol. The minimum atomic E-state index is 0.981. The van der Waals surface area contributed by atoms with E-state index in [4.69, 9.17) is 0 Å². The van der Waals surface area contributed by atoms with E-state index >= 15 is 0 Å². The largest absolute Gasteiger partial charge is 0.310 e. The Morgan fingerprint density at radius 3 is 2.00 bits per heavy atom. The first-order valence-electron chi connectivity index (χ1n) is 9.58. The lowest BCUT2D eigenvalue weighted by atomic mass is 10.0. The molecule has 0 bridgehead atoms. The number of nitrogens with zero attached hydrogens (tertiary/aromatic N) is 2. The number of benzene rings is 3. The molecule has 3 aromatic carbocycles. The van der Waals surface area contributed by atoms with Crippen molar-refractivity contribution in [3.63, 3.8) is 0 Å². The van der Waals surface area contributed by atoms with Crippen molar-refractivity contribution in [3.05, 3.63) is 108 Å². The van der Waals surface area contributed by atoms with Crippen LogP contribution in [0.3, 0.4) is 0 Å². The number of hydrogen-bond donors (Lipinski definition) is 0. The fourth-order valence-electron chi connectivity index (χ4n) is 3.85. The predicted octanol–water partition coefficient (Wildman–Crippen LogP) is 7.14. The second kappa shape index (κ2) is 7.69. The van der Waals surface area contributed by atoms with Crippen LogP contribution in [0.15, 0.2) is 91.1 Å². The third-order valence-corrected chi connectivity index (χ3v) is 4.94. The van der Waals surface area contributed by atoms with Gasteiger partial charge in [0.05, 0.1) is 11.4 Å². The van der Waals surface area contributed by atoms with Gasteiger partial charge in [0.2, 0.25) is 0 Å². The molecule has 0 aliphatic carbocycles. The van der Waals surface area contributed by atoms with Crippen LogP contribution in [0.5, 0.6) is 0 Å². The number of aryl methyl sites for hydroxylation is 3. The lowest BCUT2D eigenvalue weighted by Crippen LogP contribution is -2.13. The Kier molecular flexibility index (Phi) is 4.94. The van der Waals surface area contributed by atoms with Crippen molar-refractivity contribution in [2.45, 2.75) is 20.8 Å². The van der Waals surface area contributed by atoms with Gasteiger partial charge in [-0.1, -0.05) is 54.1 Å². The van der Waals surface area contributed by atoms with Crippen LogP contribution >= 0.6 is 0 Å². The van der Waals surface area contributed by atoms with Crippen LogP contribution in [-0.2, 0) is 0 Å². The molecule has 0 amide bonds. The number of pyridine rings is 1. The lowest BCUT2D eigenvalue weighted by molar-refractivity contribution is 1.20. The Bertz CT molecular complexity index is 1060. The van der Waals surface area contributed by atoms with Crippen LogP contribution in [0.1, 0.15) is 16.7 Å². The molecule has 0 radical (unpaired) electrons. The SMILES string of the molecule is Cc1cc(C)c(N(c2ccccc2)c2cccc(-c3ccccn3)c2)c(C)c1. The zero-order chi connectivity index (χ0) is 19.5. The quantitative estimate of drug-likeness (QED) is 0.382. The maximum atomic E-state index is 4.52. The van der Waals surface area contributed by atoms with Crippen molar-refractivity contribution in [1.82, 2.24) is 4.98 Å². The van der Waals surface area contributed by atoms with Gasteiger partial charge in [0, 0.05) is 23.1 Å². The standard InChI is InChI=1S/C26H24N2/c1-19-16-20(2)26(21(3)17-19)28(23-11-5-4-6-12-23)24-13-9-10-22(18-24)25-14-7-8-15-27-25/h4-18H,1-3H3. The van der Waals surface area contributed by atoms with Gasteiger partial charge in [-0.25, -0.2) is 0 Å². The molecule has 1 heterocycles. The molecule has 0 aliphatic rings. The van der Waals surface area contributed by atoms with Gasteiger partial charge in [0.25, 0.3) is 0 Å². The maximum absolute atomic E-state index is 4.52. The van der Waals surface area contributed by atoms with Gasteiger partial charge in [0.1, 0.15) is 0 Å². The highest BCUT2D eigenvalue weighted by Crippen LogP contribution is 2.39. The zero-order valence-electron chi connectivity index (χ0n) is 16.6. The average Bonchev–Trinajstić information content (AvgIpc) is 2.72. The highest BCUT2D eigenvalue weighted by molar-refractivity contribution is 5.82. The van der Waals surface area contributed by atoms with Crippen molar-refractivity contribution < 1.29 is 0 Å². The van der Waals surface area contributed by atoms with Gasteiger partial charge in [-0.2, -0.15) is 0 Å². The first-order chi connectivity index (χ1) is 13.6. The maximum Gasteiger partial charge on any atom is 0.0702 e. The summed E-state index contributed by atoms with van der Waals surface area (Å²) in [5.41, 5.74) is 9.43. The van der Waals surface area contributed by atoms with Gasteiger partial charge >= 0.3 is 0 Å².